The molecular weight excluding hydrogens is 252 g/mol. The number of nitrogens with zero attached hydrogens (tertiary/aromatic N) is 2. The number of carbonyl (C=O) groups excluding carboxylic acids is 1. The lowest BCUT2D eigenvalue weighted by Crippen LogP contribution is -2.40. The molecule has 1 aliphatic heterocycles. The lowest BCUT2D eigenvalue weighted by Gasteiger charge is -2.20. The fourth-order valence-electron chi connectivity index (χ4n) is 2.91. The minimum atomic E-state index is -0.0457. The van der Waals surface area contributed by atoms with Gasteiger partial charge in [-0.05, 0) is 38.7 Å². The quantitative estimate of drug-likeness (QED) is 0.880. The van der Waals surface area contributed by atoms with Crippen LogP contribution in [0.1, 0.15) is 55.7 Å². The second-order valence-electron chi connectivity index (χ2n) is 6.59. The topological polar surface area (TPSA) is 61.0 Å². The van der Waals surface area contributed by atoms with E-state index in [2.05, 4.69) is 41.2 Å². The lowest BCUT2D eigenvalue weighted by atomic mass is 10.1. The molecule has 2 N–H and O–H groups in total. The van der Waals surface area contributed by atoms with Gasteiger partial charge >= 0.3 is 0 Å². The van der Waals surface area contributed by atoms with Gasteiger partial charge in [0.1, 0.15) is 5.69 Å². The van der Waals surface area contributed by atoms with Crippen LogP contribution in [-0.4, -0.2) is 46.2 Å². The van der Waals surface area contributed by atoms with Crippen molar-refractivity contribution in [2.45, 2.75) is 51.6 Å². The van der Waals surface area contributed by atoms with Crippen molar-refractivity contribution in [1.29, 1.82) is 0 Å². The molecule has 110 valence electrons. The molecule has 1 amide bonds. The van der Waals surface area contributed by atoms with Gasteiger partial charge in [-0.1, -0.05) is 6.92 Å². The second-order valence-corrected chi connectivity index (χ2v) is 6.59. The first-order chi connectivity index (χ1) is 9.54. The van der Waals surface area contributed by atoms with Crippen LogP contribution in [0.2, 0.25) is 0 Å². The summed E-state index contributed by atoms with van der Waals surface area (Å²) < 4.78 is 0. The highest BCUT2D eigenvalue weighted by molar-refractivity contribution is 5.92. The number of likely N-dealkylation sites (tertiary alicyclic amines) is 1. The van der Waals surface area contributed by atoms with Gasteiger partial charge in [0.2, 0.25) is 0 Å². The Hall–Kier alpha value is -1.36. The van der Waals surface area contributed by atoms with E-state index in [-0.39, 0.29) is 11.9 Å². The molecule has 1 aliphatic carbocycles. The molecule has 1 aromatic heterocycles. The molecule has 5 heteroatoms. The van der Waals surface area contributed by atoms with Crippen molar-refractivity contribution in [3.63, 3.8) is 0 Å². The molecule has 2 heterocycles. The largest absolute Gasteiger partial charge is 0.346 e. The molecule has 0 radical (unpaired) electrons. The zero-order chi connectivity index (χ0) is 14.3. The molecule has 2 aliphatic rings. The molecule has 2 atom stereocenters. The first kappa shape index (κ1) is 13.6. The minimum Gasteiger partial charge on any atom is -0.346 e. The van der Waals surface area contributed by atoms with E-state index in [9.17, 15) is 4.79 Å². The Labute approximate surface area is 120 Å². The van der Waals surface area contributed by atoms with Crippen molar-refractivity contribution in [2.75, 3.05) is 13.1 Å². The van der Waals surface area contributed by atoms with Crippen molar-refractivity contribution < 1.29 is 4.79 Å². The number of hydrogen-bond acceptors (Lipinski definition) is 3. The fraction of sp³-hybridized carbons (Fsp3) is 0.733. The zero-order valence-corrected chi connectivity index (χ0v) is 12.5. The maximum Gasteiger partial charge on any atom is 0.272 e. The number of hydrogen-bond donors (Lipinski definition) is 2. The summed E-state index contributed by atoms with van der Waals surface area (Å²) in [6.45, 7) is 8.59. The Kier molecular flexibility index (Phi) is 3.54. The van der Waals surface area contributed by atoms with Crippen molar-refractivity contribution in [3.8, 4) is 0 Å². The third-order valence-corrected chi connectivity index (χ3v) is 4.53. The molecule has 0 bridgehead atoms. The minimum absolute atomic E-state index is 0.0457. The predicted octanol–water partition coefficient (Wildman–Crippen LogP) is 1.75. The van der Waals surface area contributed by atoms with Gasteiger partial charge in [0.15, 0.2) is 0 Å². The highest BCUT2D eigenvalue weighted by Crippen LogP contribution is 2.39. The maximum absolute atomic E-state index is 12.3. The van der Waals surface area contributed by atoms with Gasteiger partial charge in [0.25, 0.3) is 5.91 Å². The van der Waals surface area contributed by atoms with Crippen LogP contribution >= 0.6 is 0 Å². The van der Waals surface area contributed by atoms with E-state index in [4.69, 9.17) is 0 Å². The molecule has 2 unspecified atom stereocenters. The van der Waals surface area contributed by atoms with E-state index >= 15 is 0 Å². The number of nitrogens with one attached hydrogen (secondary N) is 2. The highest BCUT2D eigenvalue weighted by Gasteiger charge is 2.33. The van der Waals surface area contributed by atoms with Crippen LogP contribution in [0.3, 0.4) is 0 Å². The lowest BCUT2D eigenvalue weighted by molar-refractivity contribution is 0.0925. The summed E-state index contributed by atoms with van der Waals surface area (Å²) in [5, 5.41) is 10.3. The monoisotopic (exact) mass is 276 g/mol. The van der Waals surface area contributed by atoms with Crippen molar-refractivity contribution in [2.24, 2.45) is 5.92 Å². The summed E-state index contributed by atoms with van der Waals surface area (Å²) in [6, 6.07) is 2.67. The molecule has 0 spiro atoms. The third-order valence-electron chi connectivity index (χ3n) is 4.53. The summed E-state index contributed by atoms with van der Waals surface area (Å²) in [5.41, 5.74) is 1.64. The fourth-order valence-corrected chi connectivity index (χ4v) is 2.91. The SMILES string of the molecule is CC1CN(C(C)C)CC1NC(=O)c1cc(C2CC2)[nH]n1. The normalized spacial score (nSPS) is 27.2. The summed E-state index contributed by atoms with van der Waals surface area (Å²) >= 11 is 0. The summed E-state index contributed by atoms with van der Waals surface area (Å²) in [5.74, 6) is 1.05. The zero-order valence-electron chi connectivity index (χ0n) is 12.5. The van der Waals surface area contributed by atoms with Crippen LogP contribution in [0.25, 0.3) is 0 Å². The van der Waals surface area contributed by atoms with E-state index in [1.807, 2.05) is 6.07 Å². The molecule has 2 fully saturated rings. The number of aromatic nitrogens is 2. The maximum atomic E-state index is 12.3. The predicted molar refractivity (Wildman–Crippen MR) is 77.7 cm³/mol. The molecule has 3 rings (SSSR count). The average molecular weight is 276 g/mol. The van der Waals surface area contributed by atoms with Gasteiger partial charge in [-0.25, -0.2) is 0 Å². The van der Waals surface area contributed by atoms with Gasteiger partial charge < -0.3 is 5.32 Å². The number of aromatic amines is 1. The standard InChI is InChI=1S/C15H24N4O/c1-9(2)19-7-10(3)14(8-19)16-15(20)13-6-12(17-18-13)11-4-5-11/h6,9-11,14H,4-5,7-8H2,1-3H3,(H,16,20)(H,17,18). The molecule has 1 aromatic rings. The summed E-state index contributed by atoms with van der Waals surface area (Å²) in [6.07, 6.45) is 2.43. The van der Waals surface area contributed by atoms with Crippen molar-refractivity contribution >= 4 is 5.91 Å². The number of H-pyrrole nitrogens is 1. The van der Waals surface area contributed by atoms with Crippen LogP contribution in [0.5, 0.6) is 0 Å². The number of amides is 1. The van der Waals surface area contributed by atoms with Crippen LogP contribution in [0, 0.1) is 5.92 Å². The molecular formula is C15H24N4O. The first-order valence-corrected chi connectivity index (χ1v) is 7.65. The second kappa shape index (κ2) is 5.20. The van der Waals surface area contributed by atoms with E-state index in [1.165, 1.54) is 12.8 Å². The average Bonchev–Trinajstić information content (AvgIpc) is 3.01. The Morgan fingerprint density at radius 2 is 2.20 bits per heavy atom. The summed E-state index contributed by atoms with van der Waals surface area (Å²) in [7, 11) is 0. The van der Waals surface area contributed by atoms with Gasteiger partial charge in [0.05, 0.1) is 0 Å². The number of carbonyl (C=O) groups is 1. The molecule has 0 aromatic carbocycles. The van der Waals surface area contributed by atoms with Crippen molar-refractivity contribution in [3.05, 3.63) is 17.5 Å². The first-order valence-electron chi connectivity index (χ1n) is 7.65. The Morgan fingerprint density at radius 3 is 2.80 bits per heavy atom. The Bertz CT molecular complexity index is 492. The van der Waals surface area contributed by atoms with E-state index < -0.39 is 0 Å². The van der Waals surface area contributed by atoms with Gasteiger partial charge in [-0.15, -0.1) is 0 Å². The molecule has 1 saturated heterocycles. The summed E-state index contributed by atoms with van der Waals surface area (Å²) in [4.78, 5) is 14.7. The van der Waals surface area contributed by atoms with Gasteiger partial charge in [-0.2, -0.15) is 5.10 Å². The van der Waals surface area contributed by atoms with Crippen LogP contribution in [0.4, 0.5) is 0 Å². The van der Waals surface area contributed by atoms with Crippen molar-refractivity contribution in [1.82, 2.24) is 20.4 Å². The van der Waals surface area contributed by atoms with Crippen LogP contribution in [0.15, 0.2) is 6.07 Å². The van der Waals surface area contributed by atoms with Gasteiger partial charge in [0, 0.05) is 36.8 Å². The van der Waals surface area contributed by atoms with E-state index in [0.717, 1.165) is 18.8 Å². The molecule has 20 heavy (non-hydrogen) atoms. The van der Waals surface area contributed by atoms with E-state index in [0.29, 0.717) is 23.6 Å². The van der Waals surface area contributed by atoms with Gasteiger partial charge in [-0.3, -0.25) is 14.8 Å². The van der Waals surface area contributed by atoms with Crippen LogP contribution < -0.4 is 5.32 Å². The highest BCUT2D eigenvalue weighted by atomic mass is 16.2. The number of rotatable bonds is 4. The Balaban J connectivity index is 1.60. The van der Waals surface area contributed by atoms with Crippen LogP contribution in [-0.2, 0) is 0 Å². The third kappa shape index (κ3) is 2.73. The molecule has 1 saturated carbocycles. The smallest absolute Gasteiger partial charge is 0.272 e. The van der Waals surface area contributed by atoms with E-state index in [1.54, 1.807) is 0 Å². The Morgan fingerprint density at radius 1 is 1.45 bits per heavy atom. The molecule has 5 nitrogen and oxygen atoms in total.